The third kappa shape index (κ3) is 2.07. The van der Waals surface area contributed by atoms with Crippen LogP contribution in [0.15, 0.2) is 0 Å². The molecule has 3 atom stereocenters. The van der Waals surface area contributed by atoms with Crippen molar-refractivity contribution in [2.75, 3.05) is 0 Å². The van der Waals surface area contributed by atoms with Crippen LogP contribution in [0.3, 0.4) is 0 Å². The largest absolute Gasteiger partial charge is 0.291 e. The van der Waals surface area contributed by atoms with Crippen LogP contribution in [0.4, 0.5) is 0 Å². The van der Waals surface area contributed by atoms with Crippen molar-refractivity contribution in [1.82, 2.24) is 4.90 Å². The molecular weight excluding hydrogens is 158 g/mol. The van der Waals surface area contributed by atoms with E-state index >= 15 is 0 Å². The lowest BCUT2D eigenvalue weighted by molar-refractivity contribution is 0.327. The molecule has 0 aromatic rings. The van der Waals surface area contributed by atoms with Crippen LogP contribution in [0.5, 0.6) is 0 Å². The maximum absolute atomic E-state index is 2.70. The van der Waals surface area contributed by atoms with Crippen LogP contribution in [0.25, 0.3) is 0 Å². The summed E-state index contributed by atoms with van der Waals surface area (Å²) in [6.07, 6.45) is 1.28. The Hall–Kier alpha value is -0.0400. The first-order valence-electron chi connectivity index (χ1n) is 5.78. The highest BCUT2D eigenvalue weighted by Crippen LogP contribution is 2.41. The van der Waals surface area contributed by atoms with Gasteiger partial charge in [-0.15, -0.1) is 0 Å². The lowest BCUT2D eigenvalue weighted by Crippen LogP contribution is -2.19. The Kier molecular flexibility index (Phi) is 3.39. The van der Waals surface area contributed by atoms with Crippen molar-refractivity contribution in [3.05, 3.63) is 0 Å². The van der Waals surface area contributed by atoms with Crippen LogP contribution < -0.4 is 0 Å². The smallest absolute Gasteiger partial charge is 0.0283 e. The van der Waals surface area contributed by atoms with E-state index in [9.17, 15) is 0 Å². The van der Waals surface area contributed by atoms with Gasteiger partial charge in [0.25, 0.3) is 0 Å². The molecule has 0 N–H and O–H groups in total. The van der Waals surface area contributed by atoms with Gasteiger partial charge in [-0.25, -0.2) is 0 Å². The van der Waals surface area contributed by atoms with E-state index in [4.69, 9.17) is 0 Å². The molecule has 1 heterocycles. The Balaban J connectivity index is 2.56. The SMILES string of the molecule is CCC(C)N1C(C(C)C)C1C(C)C. The Bertz CT molecular complexity index is 149. The van der Waals surface area contributed by atoms with Crippen LogP contribution in [-0.4, -0.2) is 23.0 Å². The first-order chi connectivity index (χ1) is 6.00. The number of rotatable bonds is 4. The summed E-state index contributed by atoms with van der Waals surface area (Å²) in [6, 6.07) is 2.49. The zero-order valence-corrected chi connectivity index (χ0v) is 10.0. The van der Waals surface area contributed by atoms with Crippen molar-refractivity contribution in [2.24, 2.45) is 11.8 Å². The van der Waals surface area contributed by atoms with Crippen LogP contribution in [0.2, 0.25) is 0 Å². The first-order valence-corrected chi connectivity index (χ1v) is 5.78. The molecule has 0 bridgehead atoms. The molecule has 0 spiro atoms. The fraction of sp³-hybridized carbons (Fsp3) is 1.00. The Morgan fingerprint density at radius 2 is 1.31 bits per heavy atom. The van der Waals surface area contributed by atoms with Gasteiger partial charge in [-0.2, -0.15) is 0 Å². The van der Waals surface area contributed by atoms with Crippen LogP contribution >= 0.6 is 0 Å². The molecule has 78 valence electrons. The molecule has 3 unspecified atom stereocenters. The van der Waals surface area contributed by atoms with Gasteiger partial charge in [0.2, 0.25) is 0 Å². The fourth-order valence-corrected chi connectivity index (χ4v) is 2.56. The quantitative estimate of drug-likeness (QED) is 0.605. The molecule has 0 aromatic carbocycles. The predicted octanol–water partition coefficient (Wildman–Crippen LogP) is 3.15. The molecule has 1 aliphatic heterocycles. The average Bonchev–Trinajstić information content (AvgIpc) is 2.77. The van der Waals surface area contributed by atoms with Crippen molar-refractivity contribution in [2.45, 2.75) is 66.1 Å². The van der Waals surface area contributed by atoms with Crippen LogP contribution in [0.1, 0.15) is 48.0 Å². The van der Waals surface area contributed by atoms with Crippen LogP contribution in [0, 0.1) is 11.8 Å². The molecule has 1 saturated heterocycles. The van der Waals surface area contributed by atoms with E-state index in [2.05, 4.69) is 46.4 Å². The van der Waals surface area contributed by atoms with E-state index in [-0.39, 0.29) is 0 Å². The van der Waals surface area contributed by atoms with Gasteiger partial charge >= 0.3 is 0 Å². The Morgan fingerprint density at radius 3 is 1.54 bits per heavy atom. The third-order valence-corrected chi connectivity index (χ3v) is 3.41. The minimum atomic E-state index is 0.778. The highest BCUT2D eigenvalue weighted by molar-refractivity contribution is 5.07. The van der Waals surface area contributed by atoms with Gasteiger partial charge in [0.1, 0.15) is 0 Å². The summed E-state index contributed by atoms with van der Waals surface area (Å²) in [5, 5.41) is 0. The fourth-order valence-electron chi connectivity index (χ4n) is 2.56. The average molecular weight is 183 g/mol. The molecule has 0 aliphatic carbocycles. The van der Waals surface area contributed by atoms with Gasteiger partial charge in [0.05, 0.1) is 0 Å². The van der Waals surface area contributed by atoms with Crippen LogP contribution in [-0.2, 0) is 0 Å². The molecule has 1 nitrogen and oxygen atoms in total. The van der Waals surface area contributed by atoms with E-state index in [0.717, 1.165) is 30.0 Å². The monoisotopic (exact) mass is 183 g/mol. The first kappa shape index (κ1) is 11.0. The Morgan fingerprint density at radius 1 is 0.923 bits per heavy atom. The van der Waals surface area contributed by atoms with E-state index in [1.165, 1.54) is 6.42 Å². The number of nitrogens with zero attached hydrogens (tertiary/aromatic N) is 1. The highest BCUT2D eigenvalue weighted by Gasteiger charge is 2.51. The van der Waals surface area contributed by atoms with E-state index in [1.54, 1.807) is 0 Å². The molecule has 0 aromatic heterocycles. The maximum Gasteiger partial charge on any atom is 0.0283 e. The molecule has 0 saturated carbocycles. The second kappa shape index (κ2) is 4.00. The minimum absolute atomic E-state index is 0.778. The normalized spacial score (nSPS) is 35.5. The standard InChI is InChI=1S/C12H25N/c1-7-10(6)13-11(8(2)3)12(13)9(4)5/h8-12H,7H2,1-6H3. The van der Waals surface area contributed by atoms with Crippen molar-refractivity contribution in [3.63, 3.8) is 0 Å². The van der Waals surface area contributed by atoms with Gasteiger partial charge in [-0.1, -0.05) is 34.6 Å². The zero-order valence-electron chi connectivity index (χ0n) is 10.0. The summed E-state index contributed by atoms with van der Waals surface area (Å²) in [7, 11) is 0. The van der Waals surface area contributed by atoms with E-state index in [1.807, 2.05) is 0 Å². The van der Waals surface area contributed by atoms with E-state index < -0.39 is 0 Å². The van der Waals surface area contributed by atoms with Crippen molar-refractivity contribution >= 4 is 0 Å². The summed E-state index contributed by atoms with van der Waals surface area (Å²) in [5.41, 5.74) is 0. The lowest BCUT2D eigenvalue weighted by atomic mass is 10.0. The molecule has 1 aliphatic rings. The summed E-state index contributed by atoms with van der Waals surface area (Å²) in [4.78, 5) is 2.70. The van der Waals surface area contributed by atoms with Crippen molar-refractivity contribution in [3.8, 4) is 0 Å². The third-order valence-electron chi connectivity index (χ3n) is 3.41. The summed E-state index contributed by atoms with van der Waals surface area (Å²) < 4.78 is 0. The predicted molar refractivity (Wildman–Crippen MR) is 58.8 cm³/mol. The number of hydrogen-bond acceptors (Lipinski definition) is 1. The summed E-state index contributed by atoms with van der Waals surface area (Å²) in [6.45, 7) is 14.0. The summed E-state index contributed by atoms with van der Waals surface area (Å²) >= 11 is 0. The Labute approximate surface area is 83.5 Å². The number of hydrogen-bond donors (Lipinski definition) is 0. The van der Waals surface area contributed by atoms with Gasteiger partial charge in [-0.05, 0) is 25.2 Å². The van der Waals surface area contributed by atoms with Gasteiger partial charge in [0, 0.05) is 18.1 Å². The second-order valence-corrected chi connectivity index (χ2v) is 5.17. The molecule has 1 heteroatoms. The van der Waals surface area contributed by atoms with Gasteiger partial charge in [0.15, 0.2) is 0 Å². The van der Waals surface area contributed by atoms with Gasteiger partial charge < -0.3 is 0 Å². The van der Waals surface area contributed by atoms with Crippen molar-refractivity contribution < 1.29 is 0 Å². The van der Waals surface area contributed by atoms with Crippen molar-refractivity contribution in [1.29, 1.82) is 0 Å². The molecule has 0 radical (unpaired) electrons. The lowest BCUT2D eigenvalue weighted by Gasteiger charge is -2.13. The maximum atomic E-state index is 2.70. The minimum Gasteiger partial charge on any atom is -0.291 e. The highest BCUT2D eigenvalue weighted by atomic mass is 15.4. The second-order valence-electron chi connectivity index (χ2n) is 5.17. The topological polar surface area (TPSA) is 3.01 Å². The zero-order chi connectivity index (χ0) is 10.2. The van der Waals surface area contributed by atoms with Gasteiger partial charge in [-0.3, -0.25) is 4.90 Å². The molecule has 0 amide bonds. The molecule has 1 rings (SSSR count). The molecule has 13 heavy (non-hydrogen) atoms. The molecular formula is C12H25N. The molecule has 1 fully saturated rings. The summed E-state index contributed by atoms with van der Waals surface area (Å²) in [5.74, 6) is 1.64. The van der Waals surface area contributed by atoms with E-state index in [0.29, 0.717) is 0 Å².